The molecule has 1 amide bonds. The zero-order valence-electron chi connectivity index (χ0n) is 17.1. The topological polar surface area (TPSA) is 92.8 Å². The lowest BCUT2D eigenvalue weighted by Gasteiger charge is -2.20. The molecule has 0 aliphatic carbocycles. The summed E-state index contributed by atoms with van der Waals surface area (Å²) < 4.78 is 30.4. The van der Waals surface area contributed by atoms with E-state index in [4.69, 9.17) is 4.74 Å². The van der Waals surface area contributed by atoms with Crippen LogP contribution in [0.4, 0.5) is 5.69 Å². The summed E-state index contributed by atoms with van der Waals surface area (Å²) in [4.78, 5) is 24.4. The normalized spacial score (nSPS) is 11.3. The molecule has 29 heavy (non-hydrogen) atoms. The van der Waals surface area contributed by atoms with Crippen molar-refractivity contribution in [2.24, 2.45) is 0 Å². The van der Waals surface area contributed by atoms with Gasteiger partial charge in [-0.25, -0.2) is 13.2 Å². The number of carbonyl (C=O) groups is 2. The second-order valence-corrected chi connectivity index (χ2v) is 8.80. The predicted molar refractivity (Wildman–Crippen MR) is 112 cm³/mol. The largest absolute Gasteiger partial charge is 0.462 e. The molecule has 2 aromatic rings. The van der Waals surface area contributed by atoms with Crippen LogP contribution in [0.3, 0.4) is 0 Å². The van der Waals surface area contributed by atoms with E-state index in [0.29, 0.717) is 11.3 Å². The van der Waals surface area contributed by atoms with Crippen molar-refractivity contribution in [1.29, 1.82) is 0 Å². The highest BCUT2D eigenvalue weighted by molar-refractivity contribution is 7.88. The van der Waals surface area contributed by atoms with Gasteiger partial charge in [-0.1, -0.05) is 35.9 Å². The van der Waals surface area contributed by atoms with E-state index < -0.39 is 21.9 Å². The summed E-state index contributed by atoms with van der Waals surface area (Å²) in [7, 11) is -3.60. The van der Waals surface area contributed by atoms with Gasteiger partial charge < -0.3 is 10.1 Å². The second-order valence-electron chi connectivity index (χ2n) is 6.81. The zero-order chi connectivity index (χ0) is 21.6. The maximum Gasteiger partial charge on any atom is 0.338 e. The van der Waals surface area contributed by atoms with E-state index >= 15 is 0 Å². The first-order chi connectivity index (χ1) is 13.6. The monoisotopic (exact) mass is 418 g/mol. The van der Waals surface area contributed by atoms with Gasteiger partial charge in [0.05, 0.1) is 25.0 Å². The third-order valence-electron chi connectivity index (χ3n) is 4.29. The van der Waals surface area contributed by atoms with E-state index in [1.165, 1.54) is 6.07 Å². The molecule has 8 heteroatoms. The Balaban J connectivity index is 2.15. The SMILES string of the molecule is CCOC(=O)c1ccc(C)c(NC(=O)CN(Cc2ccc(C)cc2)S(C)(=O)=O)c1. The molecule has 0 atom stereocenters. The van der Waals surface area contributed by atoms with Crippen LogP contribution in [0.5, 0.6) is 0 Å². The van der Waals surface area contributed by atoms with Gasteiger partial charge in [-0.3, -0.25) is 4.79 Å². The van der Waals surface area contributed by atoms with Crippen molar-refractivity contribution in [3.05, 3.63) is 64.7 Å². The molecule has 0 saturated carbocycles. The number of nitrogens with zero attached hydrogens (tertiary/aromatic N) is 1. The maximum atomic E-state index is 12.5. The van der Waals surface area contributed by atoms with Gasteiger partial charge in [-0.15, -0.1) is 0 Å². The summed E-state index contributed by atoms with van der Waals surface area (Å²) in [6.45, 7) is 5.44. The van der Waals surface area contributed by atoms with E-state index in [1.807, 2.05) is 31.2 Å². The molecule has 2 rings (SSSR count). The molecule has 0 bridgehead atoms. The van der Waals surface area contributed by atoms with Crippen LogP contribution in [0, 0.1) is 13.8 Å². The average molecular weight is 419 g/mol. The smallest absolute Gasteiger partial charge is 0.338 e. The fourth-order valence-corrected chi connectivity index (χ4v) is 3.37. The van der Waals surface area contributed by atoms with Crippen molar-refractivity contribution in [3.8, 4) is 0 Å². The third kappa shape index (κ3) is 6.69. The molecule has 0 heterocycles. The quantitative estimate of drug-likeness (QED) is 0.666. The molecule has 2 aromatic carbocycles. The lowest BCUT2D eigenvalue weighted by atomic mass is 10.1. The lowest BCUT2D eigenvalue weighted by Crippen LogP contribution is -2.37. The van der Waals surface area contributed by atoms with Crippen LogP contribution < -0.4 is 5.32 Å². The molecule has 0 aliphatic heterocycles. The van der Waals surface area contributed by atoms with Gasteiger partial charge in [0.1, 0.15) is 0 Å². The molecular weight excluding hydrogens is 392 g/mol. The number of hydrogen-bond donors (Lipinski definition) is 1. The molecule has 0 aromatic heterocycles. The van der Waals surface area contributed by atoms with Gasteiger partial charge >= 0.3 is 5.97 Å². The zero-order valence-corrected chi connectivity index (χ0v) is 17.9. The number of aryl methyl sites for hydroxylation is 2. The summed E-state index contributed by atoms with van der Waals surface area (Å²) in [6, 6.07) is 12.3. The number of sulfonamides is 1. The highest BCUT2D eigenvalue weighted by Gasteiger charge is 2.21. The lowest BCUT2D eigenvalue weighted by molar-refractivity contribution is -0.116. The highest BCUT2D eigenvalue weighted by atomic mass is 32.2. The standard InChI is InChI=1S/C21H26N2O5S/c1-5-28-21(25)18-11-8-16(3)19(12-18)22-20(24)14-23(29(4,26)27)13-17-9-6-15(2)7-10-17/h6-12H,5,13-14H2,1-4H3,(H,22,24). The van der Waals surface area contributed by atoms with Crippen LogP contribution in [-0.4, -0.2) is 44.0 Å². The number of benzene rings is 2. The Morgan fingerprint density at radius 1 is 1.07 bits per heavy atom. The summed E-state index contributed by atoms with van der Waals surface area (Å²) >= 11 is 0. The van der Waals surface area contributed by atoms with E-state index in [9.17, 15) is 18.0 Å². The van der Waals surface area contributed by atoms with Gasteiger partial charge in [0, 0.05) is 12.2 Å². The van der Waals surface area contributed by atoms with Crippen molar-refractivity contribution in [2.75, 3.05) is 24.7 Å². The molecule has 156 valence electrons. The first kappa shape index (κ1) is 22.6. The number of anilines is 1. The van der Waals surface area contributed by atoms with E-state index in [2.05, 4.69) is 5.32 Å². The molecule has 0 fully saturated rings. The Morgan fingerprint density at radius 2 is 1.72 bits per heavy atom. The molecule has 7 nitrogen and oxygen atoms in total. The Kier molecular flexibility index (Phi) is 7.53. The highest BCUT2D eigenvalue weighted by Crippen LogP contribution is 2.18. The van der Waals surface area contributed by atoms with Crippen LogP contribution >= 0.6 is 0 Å². The Labute approximate surface area is 171 Å². The summed E-state index contributed by atoms with van der Waals surface area (Å²) in [5.74, 6) is -0.980. The second kappa shape index (κ2) is 9.67. The molecule has 0 radical (unpaired) electrons. The minimum atomic E-state index is -3.60. The van der Waals surface area contributed by atoms with Crippen LogP contribution in [0.25, 0.3) is 0 Å². The van der Waals surface area contributed by atoms with Gasteiger partial charge in [-0.2, -0.15) is 4.31 Å². The van der Waals surface area contributed by atoms with Gasteiger partial charge in [0.2, 0.25) is 15.9 Å². The number of ether oxygens (including phenoxy) is 1. The first-order valence-corrected chi connectivity index (χ1v) is 11.0. The number of nitrogens with one attached hydrogen (secondary N) is 1. The van der Waals surface area contributed by atoms with Crippen molar-refractivity contribution >= 4 is 27.6 Å². The number of carbonyl (C=O) groups excluding carboxylic acids is 2. The number of esters is 1. The molecule has 0 unspecified atom stereocenters. The Hall–Kier alpha value is -2.71. The van der Waals surface area contributed by atoms with Gasteiger partial charge in [0.15, 0.2) is 0 Å². The van der Waals surface area contributed by atoms with E-state index in [-0.39, 0.29) is 19.7 Å². The van der Waals surface area contributed by atoms with Crippen LogP contribution in [0.2, 0.25) is 0 Å². The average Bonchev–Trinajstić information content (AvgIpc) is 2.64. The van der Waals surface area contributed by atoms with Crippen molar-refractivity contribution in [1.82, 2.24) is 4.31 Å². The van der Waals surface area contributed by atoms with E-state index in [0.717, 1.165) is 27.3 Å². The number of hydrogen-bond acceptors (Lipinski definition) is 5. The molecular formula is C21H26N2O5S. The molecule has 0 aliphatic rings. The van der Waals surface area contributed by atoms with E-state index in [1.54, 1.807) is 26.0 Å². The van der Waals surface area contributed by atoms with Crippen LogP contribution in [0.15, 0.2) is 42.5 Å². The Bertz CT molecular complexity index is 985. The van der Waals surface area contributed by atoms with Crippen molar-refractivity contribution < 1.29 is 22.7 Å². The minimum absolute atomic E-state index is 0.0916. The minimum Gasteiger partial charge on any atom is -0.462 e. The molecule has 1 N–H and O–H groups in total. The Morgan fingerprint density at radius 3 is 2.31 bits per heavy atom. The van der Waals surface area contributed by atoms with Gasteiger partial charge in [-0.05, 0) is 44.0 Å². The third-order valence-corrected chi connectivity index (χ3v) is 5.49. The summed E-state index contributed by atoms with van der Waals surface area (Å²) in [5, 5.41) is 2.69. The van der Waals surface area contributed by atoms with Crippen molar-refractivity contribution in [3.63, 3.8) is 0 Å². The first-order valence-electron chi connectivity index (χ1n) is 9.18. The predicted octanol–water partition coefficient (Wildman–Crippen LogP) is 2.88. The van der Waals surface area contributed by atoms with Crippen LogP contribution in [-0.2, 0) is 26.1 Å². The number of rotatable bonds is 8. The maximum absolute atomic E-state index is 12.5. The summed E-state index contributed by atoms with van der Waals surface area (Å²) in [5.41, 5.74) is 3.34. The molecule has 0 spiro atoms. The van der Waals surface area contributed by atoms with Gasteiger partial charge in [0.25, 0.3) is 0 Å². The van der Waals surface area contributed by atoms with Crippen LogP contribution in [0.1, 0.15) is 34.0 Å². The summed E-state index contributed by atoms with van der Waals surface area (Å²) in [6.07, 6.45) is 1.07. The fraction of sp³-hybridized carbons (Fsp3) is 0.333. The fourth-order valence-electron chi connectivity index (χ4n) is 2.64. The molecule has 0 saturated heterocycles. The van der Waals surface area contributed by atoms with Crippen molar-refractivity contribution in [2.45, 2.75) is 27.3 Å². The number of amides is 1.